The third-order valence-electron chi connectivity index (χ3n) is 2.76. The van der Waals surface area contributed by atoms with Gasteiger partial charge in [0.1, 0.15) is 0 Å². The molecule has 0 rings (SSSR count). The molecule has 1 N–H and O–H groups in total. The third-order valence-corrected chi connectivity index (χ3v) is 2.76. The Kier molecular flexibility index (Phi) is 19.0. The SMILES string of the molecule is CCCCC(CC)CO.CCCCCC. The van der Waals surface area contributed by atoms with Crippen molar-refractivity contribution in [2.24, 2.45) is 5.92 Å². The molecular formula is C14H32O. The van der Waals surface area contributed by atoms with Gasteiger partial charge in [0.2, 0.25) is 0 Å². The van der Waals surface area contributed by atoms with Crippen LogP contribution in [0.4, 0.5) is 0 Å². The fraction of sp³-hybridized carbons (Fsp3) is 1.00. The zero-order chi connectivity index (χ0) is 11.9. The van der Waals surface area contributed by atoms with Crippen LogP contribution in [0.25, 0.3) is 0 Å². The molecule has 0 saturated heterocycles. The Balaban J connectivity index is 0. The van der Waals surface area contributed by atoms with Crippen LogP contribution in [-0.2, 0) is 0 Å². The van der Waals surface area contributed by atoms with E-state index in [0.717, 1.165) is 6.42 Å². The van der Waals surface area contributed by atoms with Crippen LogP contribution >= 0.6 is 0 Å². The number of hydrogen-bond acceptors (Lipinski definition) is 1. The van der Waals surface area contributed by atoms with Gasteiger partial charge in [-0.25, -0.2) is 0 Å². The van der Waals surface area contributed by atoms with Crippen molar-refractivity contribution in [3.05, 3.63) is 0 Å². The van der Waals surface area contributed by atoms with Crippen LogP contribution in [0.2, 0.25) is 0 Å². The summed E-state index contributed by atoms with van der Waals surface area (Å²) in [4.78, 5) is 0. The fourth-order valence-electron chi connectivity index (χ4n) is 1.42. The van der Waals surface area contributed by atoms with Crippen molar-refractivity contribution in [3.8, 4) is 0 Å². The molecule has 0 radical (unpaired) electrons. The van der Waals surface area contributed by atoms with E-state index in [0.29, 0.717) is 12.5 Å². The minimum Gasteiger partial charge on any atom is -0.396 e. The summed E-state index contributed by atoms with van der Waals surface area (Å²) < 4.78 is 0. The molecule has 15 heavy (non-hydrogen) atoms. The smallest absolute Gasteiger partial charge is 0.0459 e. The molecule has 0 bridgehead atoms. The summed E-state index contributed by atoms with van der Waals surface area (Å²) in [6, 6.07) is 0. The largest absolute Gasteiger partial charge is 0.396 e. The van der Waals surface area contributed by atoms with Crippen molar-refractivity contribution < 1.29 is 5.11 Å². The Hall–Kier alpha value is -0.0400. The third kappa shape index (κ3) is 16.6. The summed E-state index contributed by atoms with van der Waals surface area (Å²) in [5.41, 5.74) is 0. The molecule has 0 aliphatic carbocycles. The molecule has 1 heteroatoms. The molecule has 1 unspecified atom stereocenters. The van der Waals surface area contributed by atoms with E-state index in [1.807, 2.05) is 0 Å². The van der Waals surface area contributed by atoms with Crippen molar-refractivity contribution in [3.63, 3.8) is 0 Å². The van der Waals surface area contributed by atoms with Gasteiger partial charge in [-0.2, -0.15) is 0 Å². The first-order valence-corrected chi connectivity index (χ1v) is 6.87. The maximum atomic E-state index is 8.75. The molecule has 0 saturated carbocycles. The Morgan fingerprint density at radius 3 is 1.53 bits per heavy atom. The van der Waals surface area contributed by atoms with Crippen LogP contribution in [0, 0.1) is 5.92 Å². The molecule has 0 amide bonds. The molecule has 0 aromatic rings. The lowest BCUT2D eigenvalue weighted by atomic mass is 10.0. The minimum atomic E-state index is 0.372. The van der Waals surface area contributed by atoms with Crippen LogP contribution in [-0.4, -0.2) is 11.7 Å². The predicted octanol–water partition coefficient (Wildman–Crippen LogP) is 4.78. The number of rotatable bonds is 8. The highest BCUT2D eigenvalue weighted by molar-refractivity contribution is 4.53. The Bertz CT molecular complexity index is 83.3. The summed E-state index contributed by atoms with van der Waals surface area (Å²) in [5, 5.41) is 8.75. The zero-order valence-electron chi connectivity index (χ0n) is 11.4. The topological polar surface area (TPSA) is 20.2 Å². The van der Waals surface area contributed by atoms with Crippen LogP contribution in [0.5, 0.6) is 0 Å². The summed E-state index contributed by atoms with van der Waals surface area (Å²) in [5.74, 6) is 0.560. The molecule has 94 valence electrons. The normalized spacial score (nSPS) is 11.8. The Morgan fingerprint density at radius 1 is 0.800 bits per heavy atom. The first kappa shape index (κ1) is 17.4. The fourth-order valence-corrected chi connectivity index (χ4v) is 1.42. The van der Waals surface area contributed by atoms with Gasteiger partial charge in [0, 0.05) is 6.61 Å². The van der Waals surface area contributed by atoms with Crippen LogP contribution in [0.1, 0.15) is 79.1 Å². The highest BCUT2D eigenvalue weighted by Crippen LogP contribution is 2.10. The number of aliphatic hydroxyl groups is 1. The molecule has 0 fully saturated rings. The Morgan fingerprint density at radius 2 is 1.27 bits per heavy atom. The number of hydrogen-bond donors (Lipinski definition) is 1. The van der Waals surface area contributed by atoms with E-state index in [2.05, 4.69) is 27.7 Å². The molecule has 1 atom stereocenters. The predicted molar refractivity (Wildman–Crippen MR) is 70.2 cm³/mol. The molecule has 0 aliphatic heterocycles. The van der Waals surface area contributed by atoms with Gasteiger partial charge >= 0.3 is 0 Å². The van der Waals surface area contributed by atoms with E-state index >= 15 is 0 Å². The van der Waals surface area contributed by atoms with Crippen LogP contribution < -0.4 is 0 Å². The summed E-state index contributed by atoms with van der Waals surface area (Å²) in [6.45, 7) is 9.16. The van der Waals surface area contributed by atoms with E-state index in [-0.39, 0.29) is 0 Å². The summed E-state index contributed by atoms with van der Waals surface area (Å²) in [6.07, 6.45) is 10.4. The van der Waals surface area contributed by atoms with Gasteiger partial charge < -0.3 is 5.11 Å². The molecule has 0 aromatic carbocycles. The van der Waals surface area contributed by atoms with Crippen molar-refractivity contribution in [2.45, 2.75) is 79.1 Å². The second-order valence-corrected chi connectivity index (χ2v) is 4.31. The zero-order valence-corrected chi connectivity index (χ0v) is 11.4. The van der Waals surface area contributed by atoms with Crippen LogP contribution in [0.3, 0.4) is 0 Å². The molecule has 0 aromatic heterocycles. The summed E-state index contributed by atoms with van der Waals surface area (Å²) in [7, 11) is 0. The van der Waals surface area contributed by atoms with Gasteiger partial charge in [-0.3, -0.25) is 0 Å². The maximum absolute atomic E-state index is 8.75. The Labute approximate surface area is 97.3 Å². The van der Waals surface area contributed by atoms with E-state index < -0.39 is 0 Å². The minimum absolute atomic E-state index is 0.372. The van der Waals surface area contributed by atoms with Crippen molar-refractivity contribution in [2.75, 3.05) is 6.61 Å². The lowest BCUT2D eigenvalue weighted by Crippen LogP contribution is -2.03. The first-order chi connectivity index (χ1) is 7.26. The highest BCUT2D eigenvalue weighted by atomic mass is 16.3. The van der Waals surface area contributed by atoms with E-state index in [9.17, 15) is 0 Å². The lowest BCUT2D eigenvalue weighted by Gasteiger charge is -2.08. The van der Waals surface area contributed by atoms with Crippen molar-refractivity contribution in [1.82, 2.24) is 0 Å². The van der Waals surface area contributed by atoms with E-state index in [1.165, 1.54) is 44.9 Å². The van der Waals surface area contributed by atoms with E-state index in [4.69, 9.17) is 5.11 Å². The van der Waals surface area contributed by atoms with Gasteiger partial charge in [-0.05, 0) is 12.3 Å². The molecule has 0 spiro atoms. The summed E-state index contributed by atoms with van der Waals surface area (Å²) >= 11 is 0. The average Bonchev–Trinajstić information content (AvgIpc) is 2.29. The maximum Gasteiger partial charge on any atom is 0.0459 e. The van der Waals surface area contributed by atoms with Gasteiger partial charge in [0.15, 0.2) is 0 Å². The van der Waals surface area contributed by atoms with Gasteiger partial charge in [0.25, 0.3) is 0 Å². The van der Waals surface area contributed by atoms with Crippen molar-refractivity contribution in [1.29, 1.82) is 0 Å². The quantitative estimate of drug-likeness (QED) is 0.579. The average molecular weight is 216 g/mol. The number of aliphatic hydroxyl groups excluding tert-OH is 1. The van der Waals surface area contributed by atoms with Gasteiger partial charge in [-0.1, -0.05) is 72.6 Å². The molecule has 0 aliphatic rings. The first-order valence-electron chi connectivity index (χ1n) is 6.87. The van der Waals surface area contributed by atoms with Gasteiger partial charge in [0.05, 0.1) is 0 Å². The highest BCUT2D eigenvalue weighted by Gasteiger charge is 2.01. The standard InChI is InChI=1S/C8H18O.C6H14/c1-3-5-6-8(4-2)7-9;1-3-5-6-4-2/h8-9H,3-7H2,1-2H3;3-6H2,1-2H3. The molecule has 0 heterocycles. The van der Waals surface area contributed by atoms with E-state index in [1.54, 1.807) is 0 Å². The molecule has 1 nitrogen and oxygen atoms in total. The second kappa shape index (κ2) is 16.4. The van der Waals surface area contributed by atoms with Crippen molar-refractivity contribution >= 4 is 0 Å². The monoisotopic (exact) mass is 216 g/mol. The number of unbranched alkanes of at least 4 members (excludes halogenated alkanes) is 4. The van der Waals surface area contributed by atoms with Crippen LogP contribution in [0.15, 0.2) is 0 Å². The second-order valence-electron chi connectivity index (χ2n) is 4.31. The van der Waals surface area contributed by atoms with Gasteiger partial charge in [-0.15, -0.1) is 0 Å². The molecular weight excluding hydrogens is 184 g/mol. The lowest BCUT2D eigenvalue weighted by molar-refractivity contribution is 0.212.